The first-order chi connectivity index (χ1) is 11.5. The number of rotatable bonds is 1. The van der Waals surface area contributed by atoms with Gasteiger partial charge in [-0.15, -0.1) is 0 Å². The van der Waals surface area contributed by atoms with E-state index in [0.29, 0.717) is 24.5 Å². The SMILES string of the molecule is Cc1ncc(C(=O)N2CCn3c(cc4cc(Cl)ccc43)C2)c(C)n1. The van der Waals surface area contributed by atoms with E-state index in [2.05, 4.69) is 20.6 Å². The van der Waals surface area contributed by atoms with Gasteiger partial charge in [0.2, 0.25) is 0 Å². The zero-order chi connectivity index (χ0) is 16.8. The summed E-state index contributed by atoms with van der Waals surface area (Å²) < 4.78 is 2.26. The Hall–Kier alpha value is -2.40. The van der Waals surface area contributed by atoms with Crippen LogP contribution in [0.25, 0.3) is 10.9 Å². The lowest BCUT2D eigenvalue weighted by Crippen LogP contribution is -2.38. The van der Waals surface area contributed by atoms with Crippen molar-refractivity contribution < 1.29 is 4.79 Å². The summed E-state index contributed by atoms with van der Waals surface area (Å²) in [6.07, 6.45) is 1.63. The Morgan fingerprint density at radius 2 is 2.04 bits per heavy atom. The Morgan fingerprint density at radius 1 is 1.21 bits per heavy atom. The van der Waals surface area contributed by atoms with Gasteiger partial charge in [-0.05, 0) is 38.1 Å². The number of aryl methyl sites for hydroxylation is 2. The number of aromatic nitrogens is 3. The highest BCUT2D eigenvalue weighted by Gasteiger charge is 2.24. The van der Waals surface area contributed by atoms with Crippen molar-refractivity contribution in [2.45, 2.75) is 26.9 Å². The topological polar surface area (TPSA) is 51.0 Å². The Kier molecular flexibility index (Phi) is 3.53. The van der Waals surface area contributed by atoms with Crippen LogP contribution in [0.1, 0.15) is 27.6 Å². The molecule has 0 atom stereocenters. The van der Waals surface area contributed by atoms with Gasteiger partial charge in [0.05, 0.1) is 17.8 Å². The van der Waals surface area contributed by atoms with Crippen LogP contribution in [-0.4, -0.2) is 31.9 Å². The van der Waals surface area contributed by atoms with Crippen molar-refractivity contribution in [3.63, 3.8) is 0 Å². The molecule has 0 fully saturated rings. The minimum Gasteiger partial charge on any atom is -0.341 e. The van der Waals surface area contributed by atoms with Gasteiger partial charge >= 0.3 is 0 Å². The number of halogens is 1. The molecule has 0 saturated heterocycles. The van der Waals surface area contributed by atoms with Crippen LogP contribution in [0.15, 0.2) is 30.5 Å². The number of fused-ring (bicyclic) bond motifs is 3. The van der Waals surface area contributed by atoms with Crippen LogP contribution in [0.3, 0.4) is 0 Å². The van der Waals surface area contributed by atoms with E-state index in [-0.39, 0.29) is 5.91 Å². The fraction of sp³-hybridized carbons (Fsp3) is 0.278. The normalized spacial score (nSPS) is 14.0. The van der Waals surface area contributed by atoms with Crippen molar-refractivity contribution in [1.82, 2.24) is 19.4 Å². The van der Waals surface area contributed by atoms with Crippen molar-refractivity contribution in [3.05, 3.63) is 58.3 Å². The van der Waals surface area contributed by atoms with Gasteiger partial charge in [-0.2, -0.15) is 0 Å². The number of carbonyl (C=O) groups excluding carboxylic acids is 1. The molecule has 1 amide bonds. The van der Waals surface area contributed by atoms with E-state index in [0.717, 1.165) is 33.9 Å². The number of amides is 1. The minimum absolute atomic E-state index is 0.0120. The van der Waals surface area contributed by atoms with Crippen LogP contribution in [0, 0.1) is 13.8 Å². The van der Waals surface area contributed by atoms with Gasteiger partial charge in [-0.25, -0.2) is 9.97 Å². The molecule has 0 saturated carbocycles. The van der Waals surface area contributed by atoms with E-state index in [4.69, 9.17) is 11.6 Å². The molecule has 0 N–H and O–H groups in total. The highest BCUT2D eigenvalue weighted by molar-refractivity contribution is 6.31. The molecular formula is C18H17ClN4O. The zero-order valence-corrected chi connectivity index (χ0v) is 14.3. The number of benzene rings is 1. The average molecular weight is 341 g/mol. The maximum absolute atomic E-state index is 12.8. The Bertz CT molecular complexity index is 963. The predicted molar refractivity (Wildman–Crippen MR) is 93.2 cm³/mol. The summed E-state index contributed by atoms with van der Waals surface area (Å²) in [6.45, 7) is 5.71. The summed E-state index contributed by atoms with van der Waals surface area (Å²) in [5.41, 5.74) is 3.59. The largest absolute Gasteiger partial charge is 0.341 e. The third-order valence-corrected chi connectivity index (χ3v) is 4.75. The second-order valence-corrected chi connectivity index (χ2v) is 6.57. The van der Waals surface area contributed by atoms with E-state index >= 15 is 0 Å². The molecule has 0 aliphatic carbocycles. The van der Waals surface area contributed by atoms with Gasteiger partial charge in [0.1, 0.15) is 5.82 Å². The average Bonchev–Trinajstić information content (AvgIpc) is 2.90. The summed E-state index contributed by atoms with van der Waals surface area (Å²) in [5.74, 6) is 0.668. The third-order valence-electron chi connectivity index (χ3n) is 4.51. The standard InChI is InChI=1S/C18H17ClN4O/c1-11-16(9-20-12(2)21-11)18(24)22-5-6-23-15(10-22)8-13-7-14(19)3-4-17(13)23/h3-4,7-9H,5-6,10H2,1-2H3. The van der Waals surface area contributed by atoms with Crippen molar-refractivity contribution in [1.29, 1.82) is 0 Å². The molecule has 1 aromatic carbocycles. The maximum atomic E-state index is 12.8. The fourth-order valence-corrected chi connectivity index (χ4v) is 3.51. The van der Waals surface area contributed by atoms with Gasteiger partial charge in [0, 0.05) is 40.9 Å². The molecule has 0 radical (unpaired) electrons. The minimum atomic E-state index is -0.0120. The first kappa shape index (κ1) is 15.1. The van der Waals surface area contributed by atoms with Crippen LogP contribution >= 0.6 is 11.6 Å². The van der Waals surface area contributed by atoms with E-state index in [1.807, 2.05) is 36.9 Å². The molecule has 4 rings (SSSR count). The molecule has 3 aromatic rings. The number of hydrogen-bond donors (Lipinski definition) is 0. The van der Waals surface area contributed by atoms with Crippen molar-refractivity contribution >= 4 is 28.4 Å². The van der Waals surface area contributed by atoms with Gasteiger partial charge in [-0.1, -0.05) is 11.6 Å². The van der Waals surface area contributed by atoms with Crippen LogP contribution in [0.2, 0.25) is 5.02 Å². The number of hydrogen-bond acceptors (Lipinski definition) is 3. The molecule has 1 aliphatic rings. The second kappa shape index (κ2) is 5.60. The molecule has 2 aromatic heterocycles. The summed E-state index contributed by atoms with van der Waals surface area (Å²) in [4.78, 5) is 23.2. The molecular weight excluding hydrogens is 324 g/mol. The third kappa shape index (κ3) is 2.45. The van der Waals surface area contributed by atoms with E-state index in [9.17, 15) is 4.79 Å². The Labute approximate surface area is 144 Å². The smallest absolute Gasteiger partial charge is 0.257 e. The lowest BCUT2D eigenvalue weighted by molar-refractivity contribution is 0.0711. The quantitative estimate of drug-likeness (QED) is 0.682. The van der Waals surface area contributed by atoms with Crippen LogP contribution in [-0.2, 0) is 13.1 Å². The van der Waals surface area contributed by atoms with Gasteiger partial charge in [0.25, 0.3) is 5.91 Å². The van der Waals surface area contributed by atoms with E-state index in [1.54, 1.807) is 6.20 Å². The van der Waals surface area contributed by atoms with Gasteiger partial charge in [-0.3, -0.25) is 4.79 Å². The molecule has 24 heavy (non-hydrogen) atoms. The van der Waals surface area contributed by atoms with Gasteiger partial charge in [0.15, 0.2) is 0 Å². The Morgan fingerprint density at radius 3 is 2.83 bits per heavy atom. The fourth-order valence-electron chi connectivity index (χ4n) is 3.33. The summed E-state index contributed by atoms with van der Waals surface area (Å²) in [7, 11) is 0. The lowest BCUT2D eigenvalue weighted by Gasteiger charge is -2.29. The molecule has 6 heteroatoms. The van der Waals surface area contributed by atoms with Crippen molar-refractivity contribution in [2.24, 2.45) is 0 Å². The van der Waals surface area contributed by atoms with Crippen LogP contribution in [0.4, 0.5) is 0 Å². The Balaban J connectivity index is 1.66. The molecule has 5 nitrogen and oxygen atoms in total. The van der Waals surface area contributed by atoms with Gasteiger partial charge < -0.3 is 9.47 Å². The lowest BCUT2D eigenvalue weighted by atomic mass is 10.2. The monoisotopic (exact) mass is 340 g/mol. The number of carbonyl (C=O) groups is 1. The summed E-state index contributed by atoms with van der Waals surface area (Å²) in [6, 6.07) is 8.02. The molecule has 0 unspecified atom stereocenters. The van der Waals surface area contributed by atoms with Crippen molar-refractivity contribution in [3.8, 4) is 0 Å². The molecule has 0 bridgehead atoms. The first-order valence-electron chi connectivity index (χ1n) is 7.90. The van der Waals surface area contributed by atoms with Crippen LogP contribution < -0.4 is 0 Å². The summed E-state index contributed by atoms with van der Waals surface area (Å²) >= 11 is 6.08. The van der Waals surface area contributed by atoms with Crippen LogP contribution in [0.5, 0.6) is 0 Å². The van der Waals surface area contributed by atoms with E-state index < -0.39 is 0 Å². The maximum Gasteiger partial charge on any atom is 0.257 e. The number of nitrogens with zero attached hydrogens (tertiary/aromatic N) is 4. The molecule has 0 spiro atoms. The van der Waals surface area contributed by atoms with Crippen molar-refractivity contribution in [2.75, 3.05) is 6.54 Å². The summed E-state index contributed by atoms with van der Waals surface area (Å²) in [5, 5.41) is 1.84. The highest BCUT2D eigenvalue weighted by atomic mass is 35.5. The highest BCUT2D eigenvalue weighted by Crippen LogP contribution is 2.27. The first-order valence-corrected chi connectivity index (χ1v) is 8.28. The predicted octanol–water partition coefficient (Wildman–Crippen LogP) is 3.36. The van der Waals surface area contributed by atoms with E-state index in [1.165, 1.54) is 0 Å². The zero-order valence-electron chi connectivity index (χ0n) is 13.6. The molecule has 122 valence electrons. The molecule has 1 aliphatic heterocycles. The second-order valence-electron chi connectivity index (χ2n) is 6.13. The molecule has 3 heterocycles.